The molecule has 0 amide bonds. The maximum absolute atomic E-state index is 12.0. The largest absolute Gasteiger partial charge is 0.468 e. The summed E-state index contributed by atoms with van der Waals surface area (Å²) in [5.74, 6) is 0.713. The van der Waals surface area contributed by atoms with Gasteiger partial charge in [-0.05, 0) is 39.3 Å². The van der Waals surface area contributed by atoms with Gasteiger partial charge in [0.1, 0.15) is 11.3 Å². The molecule has 0 spiro atoms. The summed E-state index contributed by atoms with van der Waals surface area (Å²) >= 11 is 1.72. The zero-order valence-corrected chi connectivity index (χ0v) is 13.8. The summed E-state index contributed by atoms with van der Waals surface area (Å²) in [5.41, 5.74) is -0.644. The number of carbonyl (C=O) groups excluding carboxylic acids is 1. The maximum atomic E-state index is 12.0. The zero-order chi connectivity index (χ0) is 15.2. The van der Waals surface area contributed by atoms with Crippen molar-refractivity contribution in [2.24, 2.45) is 0 Å². The molecule has 1 rings (SSSR count). The average molecular weight is 299 g/mol. The van der Waals surface area contributed by atoms with Crippen LogP contribution < -0.4 is 5.32 Å². The Morgan fingerprint density at radius 2 is 2.30 bits per heavy atom. The second kappa shape index (κ2) is 7.74. The average Bonchev–Trinajstić information content (AvgIpc) is 2.80. The van der Waals surface area contributed by atoms with Gasteiger partial charge in [-0.25, -0.2) is 0 Å². The van der Waals surface area contributed by atoms with E-state index in [4.69, 9.17) is 9.15 Å². The molecule has 1 aromatic heterocycles. The Labute approximate surface area is 125 Å². The molecule has 2 unspecified atom stereocenters. The van der Waals surface area contributed by atoms with Crippen LogP contribution in [0, 0.1) is 6.92 Å². The van der Waals surface area contributed by atoms with Crippen molar-refractivity contribution in [2.45, 2.75) is 56.2 Å². The Bertz CT molecular complexity index is 433. The van der Waals surface area contributed by atoms with E-state index in [1.807, 2.05) is 19.9 Å². The lowest BCUT2D eigenvalue weighted by atomic mass is 9.96. The first kappa shape index (κ1) is 17.1. The molecule has 0 radical (unpaired) electrons. The monoisotopic (exact) mass is 299 g/mol. The number of rotatable bonds is 8. The van der Waals surface area contributed by atoms with E-state index in [1.165, 1.54) is 7.11 Å². The molecule has 0 bridgehead atoms. The van der Waals surface area contributed by atoms with Gasteiger partial charge in [-0.15, -0.1) is 11.8 Å². The number of nitrogens with one attached hydrogen (secondary N) is 1. The number of aryl methyl sites for hydroxylation is 1. The molecule has 1 N–H and O–H groups in total. The van der Waals surface area contributed by atoms with Crippen molar-refractivity contribution in [2.75, 3.05) is 13.7 Å². The van der Waals surface area contributed by atoms with Crippen molar-refractivity contribution in [3.05, 3.63) is 18.1 Å². The van der Waals surface area contributed by atoms with Crippen LogP contribution in [0.1, 0.15) is 39.4 Å². The third kappa shape index (κ3) is 4.56. The molecule has 0 saturated carbocycles. The molecule has 1 aromatic rings. The molecule has 0 aromatic carbocycles. The molecule has 0 aliphatic carbocycles. The van der Waals surface area contributed by atoms with Crippen molar-refractivity contribution in [3.8, 4) is 0 Å². The molecule has 0 fully saturated rings. The molecule has 0 aliphatic rings. The predicted molar refractivity (Wildman–Crippen MR) is 82.1 cm³/mol. The Hall–Kier alpha value is -0.940. The van der Waals surface area contributed by atoms with Gasteiger partial charge >= 0.3 is 5.97 Å². The number of carbonyl (C=O) groups is 1. The van der Waals surface area contributed by atoms with Gasteiger partial charge in [-0.3, -0.25) is 4.79 Å². The van der Waals surface area contributed by atoms with E-state index in [0.717, 1.165) is 23.6 Å². The van der Waals surface area contributed by atoms with Crippen LogP contribution in [0.15, 0.2) is 21.6 Å². The number of thioether (sulfide) groups is 1. The van der Waals surface area contributed by atoms with Crippen molar-refractivity contribution >= 4 is 17.7 Å². The summed E-state index contributed by atoms with van der Waals surface area (Å²) in [4.78, 5) is 13.2. The smallest absolute Gasteiger partial charge is 0.325 e. The molecular weight excluding hydrogens is 274 g/mol. The molecule has 2 atom stereocenters. The lowest BCUT2D eigenvalue weighted by Gasteiger charge is -2.30. The summed E-state index contributed by atoms with van der Waals surface area (Å²) in [6.45, 7) is 8.86. The first-order valence-electron chi connectivity index (χ1n) is 6.97. The standard InChI is InChI=1S/C15H25NO3S/c1-6-8-16-15(4,14(17)18-5)10-11(2)20-13-7-9-19-12(13)3/h7,9,11,16H,6,8,10H2,1-5H3. The Morgan fingerprint density at radius 1 is 1.60 bits per heavy atom. The topological polar surface area (TPSA) is 51.5 Å². The predicted octanol–water partition coefficient (Wildman–Crippen LogP) is 3.39. The number of esters is 1. The van der Waals surface area contributed by atoms with Crippen LogP contribution in [0.4, 0.5) is 0 Å². The number of hydrogen-bond acceptors (Lipinski definition) is 5. The third-order valence-electron chi connectivity index (χ3n) is 3.24. The van der Waals surface area contributed by atoms with E-state index in [2.05, 4.69) is 19.2 Å². The number of ether oxygens (including phenoxy) is 1. The van der Waals surface area contributed by atoms with Crippen LogP contribution in [0.2, 0.25) is 0 Å². The zero-order valence-electron chi connectivity index (χ0n) is 13.0. The van der Waals surface area contributed by atoms with E-state index in [9.17, 15) is 4.79 Å². The molecule has 0 saturated heterocycles. The summed E-state index contributed by atoms with van der Waals surface area (Å²) < 4.78 is 10.2. The highest BCUT2D eigenvalue weighted by Gasteiger charge is 2.35. The van der Waals surface area contributed by atoms with Crippen molar-refractivity contribution in [3.63, 3.8) is 0 Å². The number of methoxy groups -OCH3 is 1. The second-order valence-corrected chi connectivity index (χ2v) is 6.70. The van der Waals surface area contributed by atoms with Gasteiger partial charge in [0.15, 0.2) is 0 Å². The minimum atomic E-state index is -0.644. The van der Waals surface area contributed by atoms with E-state index >= 15 is 0 Å². The van der Waals surface area contributed by atoms with Gasteiger partial charge in [-0.1, -0.05) is 13.8 Å². The van der Waals surface area contributed by atoms with Crippen LogP contribution in [0.5, 0.6) is 0 Å². The Morgan fingerprint density at radius 3 is 2.80 bits per heavy atom. The highest BCUT2D eigenvalue weighted by molar-refractivity contribution is 8.00. The van der Waals surface area contributed by atoms with E-state index < -0.39 is 5.54 Å². The Kier molecular flexibility index (Phi) is 6.62. The van der Waals surface area contributed by atoms with Gasteiger partial charge in [0, 0.05) is 10.1 Å². The molecular formula is C15H25NO3S. The lowest BCUT2D eigenvalue weighted by molar-refractivity contribution is -0.148. The first-order chi connectivity index (χ1) is 9.42. The van der Waals surface area contributed by atoms with Crippen LogP contribution in [-0.2, 0) is 9.53 Å². The Balaban J connectivity index is 2.68. The molecule has 1 heterocycles. The summed E-state index contributed by atoms with van der Waals surface area (Å²) in [6.07, 6.45) is 3.38. The fourth-order valence-corrected chi connectivity index (χ4v) is 3.38. The fourth-order valence-electron chi connectivity index (χ4n) is 2.18. The quantitative estimate of drug-likeness (QED) is 0.589. The first-order valence-corrected chi connectivity index (χ1v) is 7.85. The highest BCUT2D eigenvalue weighted by atomic mass is 32.2. The van der Waals surface area contributed by atoms with Crippen LogP contribution in [0.25, 0.3) is 0 Å². The van der Waals surface area contributed by atoms with Crippen LogP contribution >= 0.6 is 11.8 Å². The van der Waals surface area contributed by atoms with E-state index in [0.29, 0.717) is 6.42 Å². The molecule has 114 valence electrons. The summed E-state index contributed by atoms with van der Waals surface area (Å²) in [7, 11) is 1.44. The van der Waals surface area contributed by atoms with E-state index in [-0.39, 0.29) is 11.2 Å². The van der Waals surface area contributed by atoms with Gasteiger partial charge in [0.05, 0.1) is 13.4 Å². The minimum Gasteiger partial charge on any atom is -0.468 e. The number of hydrogen-bond donors (Lipinski definition) is 1. The second-order valence-electron chi connectivity index (χ2n) is 5.22. The molecule has 20 heavy (non-hydrogen) atoms. The minimum absolute atomic E-state index is 0.206. The lowest BCUT2D eigenvalue weighted by Crippen LogP contribution is -2.51. The van der Waals surface area contributed by atoms with Gasteiger partial charge in [0.25, 0.3) is 0 Å². The normalized spacial score (nSPS) is 15.7. The molecule has 5 heteroatoms. The fraction of sp³-hybridized carbons (Fsp3) is 0.667. The molecule has 4 nitrogen and oxygen atoms in total. The van der Waals surface area contributed by atoms with Crippen molar-refractivity contribution in [1.82, 2.24) is 5.32 Å². The highest BCUT2D eigenvalue weighted by Crippen LogP contribution is 2.31. The van der Waals surface area contributed by atoms with Gasteiger partial charge in [-0.2, -0.15) is 0 Å². The SMILES string of the molecule is CCCNC(C)(CC(C)Sc1ccoc1C)C(=O)OC. The molecule has 0 aliphatic heterocycles. The maximum Gasteiger partial charge on any atom is 0.325 e. The van der Waals surface area contributed by atoms with Crippen molar-refractivity contribution < 1.29 is 13.9 Å². The van der Waals surface area contributed by atoms with Gasteiger partial charge in [0.2, 0.25) is 0 Å². The summed E-state index contributed by atoms with van der Waals surface area (Å²) in [6, 6.07) is 1.96. The third-order valence-corrected chi connectivity index (χ3v) is 4.48. The van der Waals surface area contributed by atoms with E-state index in [1.54, 1.807) is 18.0 Å². The van der Waals surface area contributed by atoms with Crippen LogP contribution in [0.3, 0.4) is 0 Å². The number of furan rings is 1. The van der Waals surface area contributed by atoms with Crippen LogP contribution in [-0.4, -0.2) is 30.4 Å². The van der Waals surface area contributed by atoms with Gasteiger partial charge < -0.3 is 14.5 Å². The summed E-state index contributed by atoms with van der Waals surface area (Å²) in [5, 5.41) is 3.59. The van der Waals surface area contributed by atoms with Crippen molar-refractivity contribution in [1.29, 1.82) is 0 Å².